The molecule has 64 valence electrons. The van der Waals surface area contributed by atoms with Crippen LogP contribution < -0.4 is 0 Å². The van der Waals surface area contributed by atoms with E-state index < -0.39 is 0 Å². The van der Waals surface area contributed by atoms with Gasteiger partial charge in [-0.05, 0) is 24.8 Å². The second kappa shape index (κ2) is 3.40. The molecule has 1 aliphatic rings. The van der Waals surface area contributed by atoms with Crippen LogP contribution in [0.4, 0.5) is 0 Å². The van der Waals surface area contributed by atoms with E-state index in [0.29, 0.717) is 0 Å². The number of rotatable bonds is 3. The second-order valence-corrected chi connectivity index (χ2v) is 3.82. The zero-order valence-corrected chi connectivity index (χ0v) is 7.54. The molecule has 2 nitrogen and oxygen atoms in total. The first kappa shape index (κ1) is 7.99. The minimum Gasteiger partial charge on any atom is -0.245 e. The Labute approximate surface area is 77.0 Å². The van der Waals surface area contributed by atoms with Crippen LogP contribution in [0.2, 0.25) is 0 Å². The molecule has 1 atom stereocenters. The number of hydrogen-bond donors (Lipinski definition) is 0. The third kappa shape index (κ3) is 1.95. The molecule has 1 aromatic rings. The van der Waals surface area contributed by atoms with E-state index in [0.717, 1.165) is 18.0 Å². The van der Waals surface area contributed by atoms with Crippen LogP contribution in [-0.4, -0.2) is 15.3 Å². The standard InChI is InChI=1S/C9H11ClN2/c10-9(7-1-2-7)5-8-3-4-11-6-12-8/h3-4,6-7,9H,1-2,5H2. The van der Waals surface area contributed by atoms with Crippen LogP contribution >= 0.6 is 11.6 Å². The van der Waals surface area contributed by atoms with Gasteiger partial charge in [-0.1, -0.05) is 0 Å². The predicted octanol–water partition coefficient (Wildman–Crippen LogP) is 2.04. The first-order chi connectivity index (χ1) is 5.86. The van der Waals surface area contributed by atoms with Gasteiger partial charge in [-0.15, -0.1) is 11.6 Å². The summed E-state index contributed by atoms with van der Waals surface area (Å²) in [6, 6.07) is 1.93. The van der Waals surface area contributed by atoms with Crippen molar-refractivity contribution in [3.63, 3.8) is 0 Å². The monoisotopic (exact) mass is 182 g/mol. The van der Waals surface area contributed by atoms with Crippen LogP contribution in [0.3, 0.4) is 0 Å². The van der Waals surface area contributed by atoms with Gasteiger partial charge in [0.2, 0.25) is 0 Å². The Balaban J connectivity index is 1.94. The van der Waals surface area contributed by atoms with Gasteiger partial charge in [-0.2, -0.15) is 0 Å². The summed E-state index contributed by atoms with van der Waals surface area (Å²) in [5.74, 6) is 0.738. The highest BCUT2D eigenvalue weighted by molar-refractivity contribution is 6.21. The third-order valence-electron chi connectivity index (χ3n) is 2.18. The number of halogens is 1. The van der Waals surface area contributed by atoms with Crippen LogP contribution in [0.15, 0.2) is 18.6 Å². The van der Waals surface area contributed by atoms with Gasteiger partial charge in [-0.25, -0.2) is 9.97 Å². The minimum atomic E-state index is 0.278. The van der Waals surface area contributed by atoms with Gasteiger partial charge in [0.15, 0.2) is 0 Å². The quantitative estimate of drug-likeness (QED) is 0.669. The Bertz CT molecular complexity index is 246. The Morgan fingerprint density at radius 1 is 1.58 bits per heavy atom. The summed E-state index contributed by atoms with van der Waals surface area (Å²) in [5, 5.41) is 0.278. The lowest BCUT2D eigenvalue weighted by atomic mass is 10.1. The number of nitrogens with zero attached hydrogens (tertiary/aromatic N) is 2. The maximum absolute atomic E-state index is 6.15. The summed E-state index contributed by atoms with van der Waals surface area (Å²) in [4.78, 5) is 7.99. The zero-order chi connectivity index (χ0) is 8.39. The van der Waals surface area contributed by atoms with E-state index in [1.165, 1.54) is 12.8 Å². The fraction of sp³-hybridized carbons (Fsp3) is 0.556. The average Bonchev–Trinajstić information content (AvgIpc) is 2.88. The SMILES string of the molecule is ClC(Cc1ccncn1)C1CC1. The van der Waals surface area contributed by atoms with Gasteiger partial charge in [0, 0.05) is 23.7 Å². The molecule has 12 heavy (non-hydrogen) atoms. The molecule has 1 unspecified atom stereocenters. The van der Waals surface area contributed by atoms with Gasteiger partial charge in [-0.3, -0.25) is 0 Å². The van der Waals surface area contributed by atoms with E-state index in [9.17, 15) is 0 Å². The van der Waals surface area contributed by atoms with Gasteiger partial charge in [0.05, 0.1) is 0 Å². The lowest BCUT2D eigenvalue weighted by molar-refractivity contribution is 0.722. The summed E-state index contributed by atoms with van der Waals surface area (Å²) in [6.07, 6.45) is 6.80. The van der Waals surface area contributed by atoms with Crippen molar-refractivity contribution in [2.45, 2.75) is 24.6 Å². The smallest absolute Gasteiger partial charge is 0.115 e. The molecular formula is C9H11ClN2. The fourth-order valence-electron chi connectivity index (χ4n) is 1.26. The van der Waals surface area contributed by atoms with Crippen LogP contribution in [0.1, 0.15) is 18.5 Å². The third-order valence-corrected chi connectivity index (χ3v) is 2.69. The van der Waals surface area contributed by atoms with Crippen LogP contribution in [0.5, 0.6) is 0 Å². The molecule has 0 saturated heterocycles. The number of aromatic nitrogens is 2. The zero-order valence-electron chi connectivity index (χ0n) is 6.78. The highest BCUT2D eigenvalue weighted by Crippen LogP contribution is 2.36. The lowest BCUT2D eigenvalue weighted by Gasteiger charge is -2.05. The second-order valence-electron chi connectivity index (χ2n) is 3.26. The van der Waals surface area contributed by atoms with Gasteiger partial charge < -0.3 is 0 Å². The van der Waals surface area contributed by atoms with E-state index in [4.69, 9.17) is 11.6 Å². The summed E-state index contributed by atoms with van der Waals surface area (Å²) in [7, 11) is 0. The first-order valence-corrected chi connectivity index (χ1v) is 4.69. The summed E-state index contributed by atoms with van der Waals surface area (Å²) >= 11 is 6.15. The molecule has 1 fully saturated rings. The first-order valence-electron chi connectivity index (χ1n) is 4.25. The Kier molecular flexibility index (Phi) is 2.26. The van der Waals surface area contributed by atoms with Crippen LogP contribution in [0.25, 0.3) is 0 Å². The molecule has 0 radical (unpaired) electrons. The fourth-order valence-corrected chi connectivity index (χ4v) is 1.67. The Hall–Kier alpha value is -0.630. The topological polar surface area (TPSA) is 25.8 Å². The largest absolute Gasteiger partial charge is 0.245 e. The van der Waals surface area contributed by atoms with Crippen molar-refractivity contribution in [2.24, 2.45) is 5.92 Å². The van der Waals surface area contributed by atoms with Crippen molar-refractivity contribution in [3.8, 4) is 0 Å². The van der Waals surface area contributed by atoms with Crippen molar-refractivity contribution < 1.29 is 0 Å². The van der Waals surface area contributed by atoms with Gasteiger partial charge >= 0.3 is 0 Å². The summed E-state index contributed by atoms with van der Waals surface area (Å²) in [5.41, 5.74) is 1.05. The minimum absolute atomic E-state index is 0.278. The summed E-state index contributed by atoms with van der Waals surface area (Å²) in [6.45, 7) is 0. The maximum atomic E-state index is 6.15. The Morgan fingerprint density at radius 3 is 3.00 bits per heavy atom. The molecule has 1 aromatic heterocycles. The normalized spacial score (nSPS) is 19.1. The van der Waals surface area contributed by atoms with Crippen LogP contribution in [0, 0.1) is 5.92 Å². The molecule has 0 bridgehead atoms. The molecule has 1 saturated carbocycles. The number of hydrogen-bond acceptors (Lipinski definition) is 2. The maximum Gasteiger partial charge on any atom is 0.115 e. The molecule has 3 heteroatoms. The van der Waals surface area contributed by atoms with Gasteiger partial charge in [0.1, 0.15) is 6.33 Å². The highest BCUT2D eigenvalue weighted by Gasteiger charge is 2.29. The van der Waals surface area contributed by atoms with Gasteiger partial charge in [0.25, 0.3) is 0 Å². The van der Waals surface area contributed by atoms with Crippen molar-refractivity contribution in [2.75, 3.05) is 0 Å². The van der Waals surface area contributed by atoms with Crippen molar-refractivity contribution >= 4 is 11.6 Å². The van der Waals surface area contributed by atoms with Crippen molar-refractivity contribution in [3.05, 3.63) is 24.3 Å². The van der Waals surface area contributed by atoms with E-state index in [-0.39, 0.29) is 5.38 Å². The molecule has 0 spiro atoms. The Morgan fingerprint density at radius 2 is 2.42 bits per heavy atom. The molecule has 2 rings (SSSR count). The number of alkyl halides is 1. The summed E-state index contributed by atoms with van der Waals surface area (Å²) < 4.78 is 0. The van der Waals surface area contributed by atoms with E-state index in [2.05, 4.69) is 9.97 Å². The highest BCUT2D eigenvalue weighted by atomic mass is 35.5. The van der Waals surface area contributed by atoms with Crippen molar-refractivity contribution in [1.82, 2.24) is 9.97 Å². The lowest BCUT2D eigenvalue weighted by Crippen LogP contribution is -2.06. The molecule has 0 aromatic carbocycles. The van der Waals surface area contributed by atoms with E-state index in [1.54, 1.807) is 12.5 Å². The van der Waals surface area contributed by atoms with E-state index >= 15 is 0 Å². The molecule has 0 amide bonds. The molecule has 1 aliphatic carbocycles. The van der Waals surface area contributed by atoms with Crippen molar-refractivity contribution in [1.29, 1.82) is 0 Å². The van der Waals surface area contributed by atoms with E-state index in [1.807, 2.05) is 6.07 Å². The van der Waals surface area contributed by atoms with Crippen LogP contribution in [-0.2, 0) is 6.42 Å². The molecular weight excluding hydrogens is 172 g/mol. The molecule has 1 heterocycles. The molecule has 0 aliphatic heterocycles. The predicted molar refractivity (Wildman–Crippen MR) is 48.1 cm³/mol. The average molecular weight is 183 g/mol. The molecule has 0 N–H and O–H groups in total.